The van der Waals surface area contributed by atoms with E-state index < -0.39 is 0 Å². The quantitative estimate of drug-likeness (QED) is 0.896. The van der Waals surface area contributed by atoms with Crippen molar-refractivity contribution in [3.8, 4) is 0 Å². The summed E-state index contributed by atoms with van der Waals surface area (Å²) in [6, 6.07) is 10.5. The number of nitrogen functional groups attached to an aromatic ring is 1. The highest BCUT2D eigenvalue weighted by atomic mass is 16.5. The SMILES string of the molecule is CC(C)c1ccc(CN(C)Cc2cc(N)no2)cc1. The Kier molecular flexibility index (Phi) is 4.22. The first-order valence-electron chi connectivity index (χ1n) is 6.53. The Balaban J connectivity index is 1.93. The van der Waals surface area contributed by atoms with Gasteiger partial charge < -0.3 is 10.3 Å². The molecule has 4 nitrogen and oxygen atoms in total. The zero-order valence-corrected chi connectivity index (χ0v) is 11.8. The number of rotatable bonds is 5. The average molecular weight is 259 g/mol. The number of benzene rings is 1. The van der Waals surface area contributed by atoms with Gasteiger partial charge in [-0.05, 0) is 24.1 Å². The molecule has 1 aromatic heterocycles. The summed E-state index contributed by atoms with van der Waals surface area (Å²) in [5.41, 5.74) is 8.19. The minimum absolute atomic E-state index is 0.435. The third-order valence-corrected chi connectivity index (χ3v) is 3.10. The van der Waals surface area contributed by atoms with Crippen molar-refractivity contribution in [2.24, 2.45) is 0 Å². The first-order chi connectivity index (χ1) is 9.04. The van der Waals surface area contributed by atoms with E-state index >= 15 is 0 Å². The summed E-state index contributed by atoms with van der Waals surface area (Å²) in [6.07, 6.45) is 0. The maximum Gasteiger partial charge on any atom is 0.167 e. The third-order valence-electron chi connectivity index (χ3n) is 3.10. The maximum absolute atomic E-state index is 5.53. The fraction of sp³-hybridized carbons (Fsp3) is 0.400. The van der Waals surface area contributed by atoms with Crippen LogP contribution in [-0.4, -0.2) is 17.1 Å². The first-order valence-corrected chi connectivity index (χ1v) is 6.53. The predicted octanol–water partition coefficient (Wildman–Crippen LogP) is 3.01. The van der Waals surface area contributed by atoms with Gasteiger partial charge in [-0.1, -0.05) is 43.3 Å². The summed E-state index contributed by atoms with van der Waals surface area (Å²) in [6.45, 7) is 5.99. The van der Waals surface area contributed by atoms with E-state index in [1.807, 2.05) is 0 Å². The van der Waals surface area contributed by atoms with Gasteiger partial charge in [-0.3, -0.25) is 4.90 Å². The van der Waals surface area contributed by atoms with Gasteiger partial charge in [0.1, 0.15) is 0 Å². The topological polar surface area (TPSA) is 55.3 Å². The molecule has 1 aromatic carbocycles. The van der Waals surface area contributed by atoms with Crippen LogP contribution in [0.1, 0.15) is 36.7 Å². The Hall–Kier alpha value is -1.81. The normalized spacial score (nSPS) is 11.4. The highest BCUT2D eigenvalue weighted by Crippen LogP contribution is 2.16. The standard InChI is InChI=1S/C15H21N3O/c1-11(2)13-6-4-12(5-7-13)9-18(3)10-14-8-15(16)17-19-14/h4-8,11H,9-10H2,1-3H3,(H2,16,17). The molecule has 0 spiro atoms. The van der Waals surface area contributed by atoms with Gasteiger partial charge in [0.15, 0.2) is 11.6 Å². The monoisotopic (exact) mass is 259 g/mol. The molecule has 2 N–H and O–H groups in total. The van der Waals surface area contributed by atoms with Crippen LogP contribution in [0.25, 0.3) is 0 Å². The molecule has 0 bridgehead atoms. The number of nitrogens with two attached hydrogens (primary N) is 1. The lowest BCUT2D eigenvalue weighted by Gasteiger charge is -2.15. The van der Waals surface area contributed by atoms with Crippen LogP contribution >= 0.6 is 0 Å². The molecule has 2 aromatic rings. The van der Waals surface area contributed by atoms with Gasteiger partial charge in [-0.2, -0.15) is 0 Å². The summed E-state index contributed by atoms with van der Waals surface area (Å²) in [7, 11) is 2.05. The van der Waals surface area contributed by atoms with E-state index in [9.17, 15) is 0 Å². The average Bonchev–Trinajstić information content (AvgIpc) is 2.75. The van der Waals surface area contributed by atoms with Gasteiger partial charge in [0.25, 0.3) is 0 Å². The Morgan fingerprint density at radius 3 is 2.42 bits per heavy atom. The third kappa shape index (κ3) is 3.83. The van der Waals surface area contributed by atoms with Crippen molar-refractivity contribution in [2.45, 2.75) is 32.9 Å². The van der Waals surface area contributed by atoms with E-state index in [4.69, 9.17) is 10.3 Å². The first kappa shape index (κ1) is 13.6. The van der Waals surface area contributed by atoms with E-state index in [-0.39, 0.29) is 0 Å². The lowest BCUT2D eigenvalue weighted by Crippen LogP contribution is -2.16. The van der Waals surface area contributed by atoms with Gasteiger partial charge in [0, 0.05) is 12.6 Å². The predicted molar refractivity (Wildman–Crippen MR) is 76.6 cm³/mol. The summed E-state index contributed by atoms with van der Waals surface area (Å²) in [4.78, 5) is 2.17. The molecule has 0 aliphatic heterocycles. The van der Waals surface area contributed by atoms with Crippen molar-refractivity contribution in [3.05, 3.63) is 47.2 Å². The molecule has 0 aliphatic rings. The molecular formula is C15H21N3O. The molecule has 102 valence electrons. The molecule has 0 unspecified atom stereocenters. The molecule has 0 aliphatic carbocycles. The van der Waals surface area contributed by atoms with Crippen molar-refractivity contribution in [1.29, 1.82) is 0 Å². The highest BCUT2D eigenvalue weighted by molar-refractivity contribution is 5.27. The van der Waals surface area contributed by atoms with Crippen LogP contribution < -0.4 is 5.73 Å². The minimum atomic E-state index is 0.435. The van der Waals surface area contributed by atoms with Gasteiger partial charge >= 0.3 is 0 Å². The van der Waals surface area contributed by atoms with Crippen LogP contribution in [0.4, 0.5) is 5.82 Å². The molecule has 1 heterocycles. The largest absolute Gasteiger partial charge is 0.381 e. The fourth-order valence-electron chi connectivity index (χ4n) is 2.05. The van der Waals surface area contributed by atoms with Gasteiger partial charge in [0.05, 0.1) is 6.54 Å². The molecule has 0 atom stereocenters. The zero-order valence-electron chi connectivity index (χ0n) is 11.8. The van der Waals surface area contributed by atoms with Crippen molar-refractivity contribution in [3.63, 3.8) is 0 Å². The summed E-state index contributed by atoms with van der Waals surface area (Å²) < 4.78 is 5.11. The second kappa shape index (κ2) is 5.89. The molecular weight excluding hydrogens is 238 g/mol. The van der Waals surface area contributed by atoms with Crippen molar-refractivity contribution in [2.75, 3.05) is 12.8 Å². The van der Waals surface area contributed by atoms with Crippen molar-refractivity contribution < 1.29 is 4.52 Å². The van der Waals surface area contributed by atoms with E-state index in [2.05, 4.69) is 55.2 Å². The van der Waals surface area contributed by atoms with Crippen LogP contribution in [-0.2, 0) is 13.1 Å². The number of aromatic nitrogens is 1. The van der Waals surface area contributed by atoms with Crippen LogP contribution in [0, 0.1) is 0 Å². The van der Waals surface area contributed by atoms with E-state index in [0.29, 0.717) is 18.3 Å². The van der Waals surface area contributed by atoms with Gasteiger partial charge in [0.2, 0.25) is 0 Å². The number of hydrogen-bond acceptors (Lipinski definition) is 4. The van der Waals surface area contributed by atoms with E-state index in [1.165, 1.54) is 11.1 Å². The molecule has 2 rings (SSSR count). The molecule has 19 heavy (non-hydrogen) atoms. The highest BCUT2D eigenvalue weighted by Gasteiger charge is 2.07. The fourth-order valence-corrected chi connectivity index (χ4v) is 2.05. The lowest BCUT2D eigenvalue weighted by molar-refractivity contribution is 0.267. The maximum atomic E-state index is 5.53. The molecule has 0 radical (unpaired) electrons. The molecule has 0 amide bonds. The molecule has 4 heteroatoms. The van der Waals surface area contributed by atoms with Crippen molar-refractivity contribution >= 4 is 5.82 Å². The Morgan fingerprint density at radius 2 is 1.89 bits per heavy atom. The van der Waals surface area contributed by atoms with Gasteiger partial charge in [-0.25, -0.2) is 0 Å². The van der Waals surface area contributed by atoms with Crippen LogP contribution in [0.2, 0.25) is 0 Å². The molecule has 0 saturated carbocycles. The lowest BCUT2D eigenvalue weighted by atomic mass is 10.0. The summed E-state index contributed by atoms with van der Waals surface area (Å²) in [5, 5.41) is 3.68. The summed E-state index contributed by atoms with van der Waals surface area (Å²) >= 11 is 0. The summed E-state index contributed by atoms with van der Waals surface area (Å²) in [5.74, 6) is 1.80. The van der Waals surface area contributed by atoms with Crippen LogP contribution in [0.15, 0.2) is 34.9 Å². The smallest absolute Gasteiger partial charge is 0.167 e. The number of nitrogens with zero attached hydrogens (tertiary/aromatic N) is 2. The minimum Gasteiger partial charge on any atom is -0.381 e. The van der Waals surface area contributed by atoms with Crippen LogP contribution in [0.3, 0.4) is 0 Å². The number of anilines is 1. The molecule has 0 saturated heterocycles. The Morgan fingerprint density at radius 1 is 1.21 bits per heavy atom. The van der Waals surface area contributed by atoms with E-state index in [1.54, 1.807) is 6.07 Å². The second-order valence-electron chi connectivity index (χ2n) is 5.29. The number of hydrogen-bond donors (Lipinski definition) is 1. The Labute approximate surface area is 114 Å². The van der Waals surface area contributed by atoms with Crippen LogP contribution in [0.5, 0.6) is 0 Å². The molecule has 0 fully saturated rings. The zero-order chi connectivity index (χ0) is 13.8. The van der Waals surface area contributed by atoms with Gasteiger partial charge in [-0.15, -0.1) is 0 Å². The second-order valence-corrected chi connectivity index (χ2v) is 5.29. The Bertz CT molecular complexity index is 516. The van der Waals surface area contributed by atoms with Crippen molar-refractivity contribution in [1.82, 2.24) is 10.1 Å². The van der Waals surface area contributed by atoms with E-state index in [0.717, 1.165) is 12.3 Å².